The van der Waals surface area contributed by atoms with Crippen molar-refractivity contribution in [3.8, 4) is 0 Å². The molecule has 3 rings (SSSR count). The number of aromatic nitrogens is 1. The average molecular weight is 578 g/mol. The number of benzene rings is 2. The van der Waals surface area contributed by atoms with Gasteiger partial charge in [-0.25, -0.2) is 13.4 Å². The first kappa shape index (κ1) is 27.2. The van der Waals surface area contributed by atoms with Crippen molar-refractivity contribution in [1.29, 1.82) is 0 Å². The Morgan fingerprint density at radius 1 is 1.06 bits per heavy atom. The average Bonchev–Trinajstić information content (AvgIpc) is 3.24. The number of nitrogens with zero attached hydrogens (tertiary/aromatic N) is 4. The third-order valence-corrected chi connectivity index (χ3v) is 8.59. The molecule has 0 radical (unpaired) electrons. The summed E-state index contributed by atoms with van der Waals surface area (Å²) in [7, 11) is 0.238. The van der Waals surface area contributed by atoms with Crippen LogP contribution in [0.3, 0.4) is 0 Å². The van der Waals surface area contributed by atoms with E-state index in [1.54, 1.807) is 17.0 Å². The Hall–Kier alpha value is -2.37. The van der Waals surface area contributed by atoms with Gasteiger partial charge < -0.3 is 4.90 Å². The molecule has 0 atom stereocenters. The normalized spacial score (nSPS) is 11.8. The van der Waals surface area contributed by atoms with Gasteiger partial charge in [0.05, 0.1) is 15.1 Å². The maximum absolute atomic E-state index is 13.5. The highest BCUT2D eigenvalue weighted by Gasteiger charge is 2.25. The van der Waals surface area contributed by atoms with Crippen molar-refractivity contribution in [2.24, 2.45) is 0 Å². The SMILES string of the molecule is C=CCN(CC=C)S(=O)(=O)c1ccc(C(=O)N(CCCN(C)C)c2nc3ccc(Br)cc3s2)cc1. The predicted octanol–water partition coefficient (Wildman–Crippen LogP) is 5.02. The third-order valence-electron chi connectivity index (χ3n) is 5.21. The minimum atomic E-state index is -3.74. The van der Waals surface area contributed by atoms with Crippen LogP contribution in [0.5, 0.6) is 0 Å². The largest absolute Gasteiger partial charge is 0.309 e. The number of sulfonamides is 1. The summed E-state index contributed by atoms with van der Waals surface area (Å²) in [6.07, 6.45) is 3.82. The van der Waals surface area contributed by atoms with E-state index < -0.39 is 10.0 Å². The van der Waals surface area contributed by atoms with Gasteiger partial charge in [0.25, 0.3) is 5.91 Å². The summed E-state index contributed by atoms with van der Waals surface area (Å²) in [5.41, 5.74) is 1.22. The highest BCUT2D eigenvalue weighted by atomic mass is 79.9. The second-order valence-electron chi connectivity index (χ2n) is 8.15. The van der Waals surface area contributed by atoms with Gasteiger partial charge in [0, 0.05) is 29.7 Å². The lowest BCUT2D eigenvalue weighted by molar-refractivity contribution is 0.0986. The number of rotatable bonds is 12. The standard InChI is InChI=1S/C25H29BrN4O3S2/c1-5-14-29(15-6-2)35(32,33)21-11-8-19(9-12-21)24(31)30(17-7-16-28(3)4)25-27-22-13-10-20(26)18-23(22)34-25/h5-6,8-13,18H,1-2,7,14-17H2,3-4H3. The number of hydrogen-bond donors (Lipinski definition) is 0. The van der Waals surface area contributed by atoms with Gasteiger partial charge in [0.15, 0.2) is 5.13 Å². The lowest BCUT2D eigenvalue weighted by Gasteiger charge is -2.22. The van der Waals surface area contributed by atoms with Gasteiger partial charge in [-0.15, -0.1) is 13.2 Å². The summed E-state index contributed by atoms with van der Waals surface area (Å²) in [5.74, 6) is -0.222. The first-order valence-corrected chi connectivity index (χ1v) is 14.1. The molecule has 2 aromatic carbocycles. The van der Waals surface area contributed by atoms with E-state index >= 15 is 0 Å². The molecule has 0 saturated heterocycles. The molecule has 1 heterocycles. The van der Waals surface area contributed by atoms with Gasteiger partial charge in [-0.3, -0.25) is 9.69 Å². The molecule has 10 heteroatoms. The maximum Gasteiger partial charge on any atom is 0.260 e. The Labute approximate surface area is 219 Å². The molecule has 0 bridgehead atoms. The van der Waals surface area contributed by atoms with Crippen LogP contribution >= 0.6 is 27.3 Å². The molecule has 0 spiro atoms. The van der Waals surface area contributed by atoms with Gasteiger partial charge in [-0.2, -0.15) is 4.31 Å². The Bertz CT molecular complexity index is 1290. The Morgan fingerprint density at radius 2 is 1.71 bits per heavy atom. The summed E-state index contributed by atoms with van der Waals surface area (Å²) in [5, 5.41) is 0.613. The number of hydrogen-bond acceptors (Lipinski definition) is 6. The number of carbonyl (C=O) groups is 1. The zero-order valence-corrected chi connectivity index (χ0v) is 23.1. The first-order valence-electron chi connectivity index (χ1n) is 11.0. The highest BCUT2D eigenvalue weighted by molar-refractivity contribution is 9.10. The second-order valence-corrected chi connectivity index (χ2v) is 12.0. The lowest BCUT2D eigenvalue weighted by Crippen LogP contribution is -2.33. The predicted molar refractivity (Wildman–Crippen MR) is 148 cm³/mol. The van der Waals surface area contributed by atoms with Gasteiger partial charge in [-0.1, -0.05) is 39.4 Å². The molecule has 1 amide bonds. The van der Waals surface area contributed by atoms with Crippen molar-refractivity contribution in [2.45, 2.75) is 11.3 Å². The van der Waals surface area contributed by atoms with Crippen LogP contribution in [0.25, 0.3) is 10.2 Å². The molecule has 7 nitrogen and oxygen atoms in total. The fourth-order valence-electron chi connectivity index (χ4n) is 3.46. The molecule has 0 saturated carbocycles. The minimum absolute atomic E-state index is 0.113. The van der Waals surface area contributed by atoms with Crippen LogP contribution in [0, 0.1) is 0 Å². The fourth-order valence-corrected chi connectivity index (χ4v) is 6.39. The molecule has 0 N–H and O–H groups in total. The second kappa shape index (κ2) is 12.0. The number of fused-ring (bicyclic) bond motifs is 1. The number of halogens is 1. The monoisotopic (exact) mass is 576 g/mol. The summed E-state index contributed by atoms with van der Waals surface area (Å²) in [4.78, 5) is 22.1. The summed E-state index contributed by atoms with van der Waals surface area (Å²) >= 11 is 4.94. The van der Waals surface area contributed by atoms with Crippen molar-refractivity contribution in [3.63, 3.8) is 0 Å². The molecule has 0 fully saturated rings. The molecule has 35 heavy (non-hydrogen) atoms. The molecule has 0 aliphatic heterocycles. The topological polar surface area (TPSA) is 73.8 Å². The van der Waals surface area contributed by atoms with Gasteiger partial charge in [0.1, 0.15) is 0 Å². The van der Waals surface area contributed by atoms with Crippen LogP contribution < -0.4 is 4.90 Å². The molecule has 0 aliphatic carbocycles. The van der Waals surface area contributed by atoms with Crippen molar-refractivity contribution in [3.05, 3.63) is 77.8 Å². The number of anilines is 1. The van der Waals surface area contributed by atoms with Crippen molar-refractivity contribution in [1.82, 2.24) is 14.2 Å². The number of thiazole rings is 1. The summed E-state index contributed by atoms with van der Waals surface area (Å²) in [6, 6.07) is 11.9. The summed E-state index contributed by atoms with van der Waals surface area (Å²) < 4.78 is 29.2. The van der Waals surface area contributed by atoms with E-state index in [1.165, 1.54) is 39.9 Å². The quantitative estimate of drug-likeness (QED) is 0.283. The number of carbonyl (C=O) groups excluding carboxylic acids is 1. The maximum atomic E-state index is 13.5. The third kappa shape index (κ3) is 6.65. The van der Waals surface area contributed by atoms with Crippen LogP contribution in [0.2, 0.25) is 0 Å². The lowest BCUT2D eigenvalue weighted by atomic mass is 10.2. The fraction of sp³-hybridized carbons (Fsp3) is 0.280. The molecule has 186 valence electrons. The van der Waals surface area contributed by atoms with Crippen molar-refractivity contribution < 1.29 is 13.2 Å². The minimum Gasteiger partial charge on any atom is -0.309 e. The van der Waals surface area contributed by atoms with Crippen LogP contribution in [-0.2, 0) is 10.0 Å². The van der Waals surface area contributed by atoms with Gasteiger partial charge in [0.2, 0.25) is 10.0 Å². The van der Waals surface area contributed by atoms with E-state index in [0.29, 0.717) is 17.2 Å². The van der Waals surface area contributed by atoms with E-state index in [9.17, 15) is 13.2 Å². The molecular weight excluding hydrogens is 548 g/mol. The van der Waals surface area contributed by atoms with Gasteiger partial charge >= 0.3 is 0 Å². The van der Waals surface area contributed by atoms with E-state index in [4.69, 9.17) is 0 Å². The van der Waals surface area contributed by atoms with Crippen molar-refractivity contribution >= 4 is 58.5 Å². The number of amides is 1. The van der Waals surface area contributed by atoms with E-state index in [-0.39, 0.29) is 23.9 Å². The zero-order chi connectivity index (χ0) is 25.6. The van der Waals surface area contributed by atoms with Crippen molar-refractivity contribution in [2.75, 3.05) is 45.2 Å². The summed E-state index contributed by atoms with van der Waals surface area (Å²) in [6.45, 7) is 8.91. The van der Waals surface area contributed by atoms with E-state index in [0.717, 1.165) is 27.7 Å². The molecular formula is C25H29BrN4O3S2. The van der Waals surface area contributed by atoms with Crippen LogP contribution in [0.15, 0.2) is 77.1 Å². The first-order chi connectivity index (χ1) is 16.7. The molecule has 0 aliphatic rings. The highest BCUT2D eigenvalue weighted by Crippen LogP contribution is 2.32. The zero-order valence-electron chi connectivity index (χ0n) is 19.9. The van der Waals surface area contributed by atoms with E-state index in [2.05, 4.69) is 39.0 Å². The van der Waals surface area contributed by atoms with Gasteiger partial charge in [-0.05, 0) is 69.5 Å². The Balaban J connectivity index is 1.91. The molecule has 3 aromatic rings. The van der Waals surface area contributed by atoms with Crippen LogP contribution in [0.4, 0.5) is 5.13 Å². The Kier molecular flexibility index (Phi) is 9.37. The molecule has 1 aromatic heterocycles. The van der Waals surface area contributed by atoms with Crippen LogP contribution in [-0.4, -0.2) is 68.8 Å². The van der Waals surface area contributed by atoms with E-state index in [1.807, 2.05) is 32.3 Å². The Morgan fingerprint density at radius 3 is 2.31 bits per heavy atom. The smallest absolute Gasteiger partial charge is 0.260 e. The van der Waals surface area contributed by atoms with Crippen LogP contribution in [0.1, 0.15) is 16.8 Å². The molecule has 0 unspecified atom stereocenters.